The van der Waals surface area contributed by atoms with Gasteiger partial charge in [0.05, 0.1) is 5.75 Å². The minimum Gasteiger partial charge on any atom is -0.439 e. The molecule has 9 heteroatoms. The number of carbonyl (C=O) groups is 1. The van der Waals surface area contributed by atoms with Crippen LogP contribution in [0.5, 0.6) is 0 Å². The zero-order valence-corrected chi connectivity index (χ0v) is 21.1. The highest BCUT2D eigenvalue weighted by Crippen LogP contribution is 2.64. The molecule has 0 amide bonds. The number of benzene rings is 2. The number of hydrogen-bond donors (Lipinski definition) is 0. The second-order valence-electron chi connectivity index (χ2n) is 11.1. The summed E-state index contributed by atoms with van der Waals surface area (Å²) in [4.78, 5) is 17.5. The predicted molar refractivity (Wildman–Crippen MR) is 130 cm³/mol. The first kappa shape index (κ1) is 23.7. The summed E-state index contributed by atoms with van der Waals surface area (Å²) in [5.74, 6) is -0.894. The van der Waals surface area contributed by atoms with E-state index < -0.39 is 33.1 Å². The monoisotopic (exact) mass is 514 g/mol. The quantitative estimate of drug-likeness (QED) is 0.441. The highest BCUT2D eigenvalue weighted by molar-refractivity contribution is 7.89. The fraction of sp³-hybridized carbons (Fsp3) is 0.481. The smallest absolute Gasteiger partial charge is 0.215 e. The van der Waals surface area contributed by atoms with Crippen molar-refractivity contribution in [3.8, 4) is 11.1 Å². The van der Waals surface area contributed by atoms with Gasteiger partial charge in [0.2, 0.25) is 15.9 Å². The van der Waals surface area contributed by atoms with Crippen molar-refractivity contribution >= 4 is 26.9 Å². The minimum atomic E-state index is -3.76. The van der Waals surface area contributed by atoms with Crippen LogP contribution in [0.3, 0.4) is 0 Å². The molecule has 6 nitrogen and oxygen atoms in total. The standard InChI is InChI=1S/C27H28F2N2O4S/c1-26(2)17-9-10-27(26,24(32)13-17)15-36(33,34)31-11-3-4-22(31)25-30-21-12-16(5-8-23(21)35-25)19-7-6-18(28)14-20(19)29/h5-8,12,14,17,22H,3-4,9-11,13,15H2,1-2H3/t17-,22-,27-/m0/s1. The van der Waals surface area contributed by atoms with E-state index in [0.717, 1.165) is 12.5 Å². The second kappa shape index (κ2) is 7.92. The van der Waals surface area contributed by atoms with Gasteiger partial charge >= 0.3 is 0 Å². The lowest BCUT2D eigenvalue weighted by molar-refractivity contribution is -0.128. The molecule has 2 aliphatic carbocycles. The number of carbonyl (C=O) groups excluding carboxylic acids is 1. The highest BCUT2D eigenvalue weighted by atomic mass is 32.2. The van der Waals surface area contributed by atoms with Crippen LogP contribution in [-0.4, -0.2) is 35.8 Å². The Morgan fingerprint density at radius 3 is 2.64 bits per heavy atom. The van der Waals surface area contributed by atoms with Gasteiger partial charge in [-0.15, -0.1) is 0 Å². The van der Waals surface area contributed by atoms with Crippen LogP contribution in [0, 0.1) is 28.4 Å². The van der Waals surface area contributed by atoms with Gasteiger partial charge in [0.25, 0.3) is 0 Å². The van der Waals surface area contributed by atoms with Crippen LogP contribution in [-0.2, 0) is 14.8 Å². The molecule has 3 aromatic rings. The number of ketones is 1. The Bertz CT molecular complexity index is 1500. The van der Waals surface area contributed by atoms with Crippen LogP contribution in [0.15, 0.2) is 40.8 Å². The van der Waals surface area contributed by atoms with Crippen LogP contribution in [0.2, 0.25) is 0 Å². The van der Waals surface area contributed by atoms with Crippen molar-refractivity contribution in [3.05, 3.63) is 53.9 Å². The topological polar surface area (TPSA) is 80.5 Å². The summed E-state index contributed by atoms with van der Waals surface area (Å²) >= 11 is 0. The van der Waals surface area contributed by atoms with Crippen molar-refractivity contribution in [1.29, 1.82) is 0 Å². The molecule has 0 spiro atoms. The number of rotatable bonds is 5. The fourth-order valence-corrected chi connectivity index (χ4v) is 9.26. The Morgan fingerprint density at radius 1 is 1.14 bits per heavy atom. The average molecular weight is 515 g/mol. The molecule has 3 fully saturated rings. The molecule has 2 heterocycles. The molecule has 2 aromatic carbocycles. The molecule has 2 bridgehead atoms. The number of aromatic nitrogens is 1. The van der Waals surface area contributed by atoms with Crippen molar-refractivity contribution in [1.82, 2.24) is 9.29 Å². The third-order valence-corrected chi connectivity index (χ3v) is 11.1. The van der Waals surface area contributed by atoms with Gasteiger partial charge in [0, 0.05) is 30.0 Å². The summed E-state index contributed by atoms with van der Waals surface area (Å²) in [6, 6.07) is 7.83. The molecule has 36 heavy (non-hydrogen) atoms. The first-order chi connectivity index (χ1) is 17.0. The molecule has 1 aliphatic heterocycles. The zero-order valence-electron chi connectivity index (χ0n) is 20.3. The summed E-state index contributed by atoms with van der Waals surface area (Å²) in [5.41, 5.74) is 0.526. The largest absolute Gasteiger partial charge is 0.439 e. The summed E-state index contributed by atoms with van der Waals surface area (Å²) < 4.78 is 62.5. The maximum Gasteiger partial charge on any atom is 0.215 e. The molecule has 0 radical (unpaired) electrons. The number of Topliss-reactive ketones (excluding diaryl/α,β-unsaturated/α-hetero) is 1. The van der Waals surface area contributed by atoms with Gasteiger partial charge in [-0.05, 0) is 66.8 Å². The van der Waals surface area contributed by atoms with Gasteiger partial charge in [0.15, 0.2) is 5.58 Å². The molecular weight excluding hydrogens is 486 g/mol. The zero-order chi connectivity index (χ0) is 25.5. The van der Waals surface area contributed by atoms with E-state index in [1.54, 1.807) is 18.2 Å². The van der Waals surface area contributed by atoms with E-state index in [9.17, 15) is 22.0 Å². The summed E-state index contributed by atoms with van der Waals surface area (Å²) in [6.07, 6.45) is 3.21. The van der Waals surface area contributed by atoms with Crippen LogP contribution in [0.1, 0.15) is 57.9 Å². The Labute approximate surface area is 208 Å². The van der Waals surface area contributed by atoms with E-state index in [1.807, 2.05) is 13.8 Å². The lowest BCUT2D eigenvalue weighted by Gasteiger charge is -2.37. The van der Waals surface area contributed by atoms with Crippen LogP contribution in [0.25, 0.3) is 22.2 Å². The van der Waals surface area contributed by atoms with Crippen molar-refractivity contribution < 1.29 is 26.4 Å². The van der Waals surface area contributed by atoms with Gasteiger partial charge < -0.3 is 4.42 Å². The van der Waals surface area contributed by atoms with Crippen molar-refractivity contribution in [2.45, 2.75) is 52.0 Å². The average Bonchev–Trinajstić information content (AvgIpc) is 3.54. The van der Waals surface area contributed by atoms with Crippen molar-refractivity contribution in [2.75, 3.05) is 12.3 Å². The van der Waals surface area contributed by atoms with Gasteiger partial charge in [-0.3, -0.25) is 4.79 Å². The van der Waals surface area contributed by atoms with Gasteiger partial charge in [-0.2, -0.15) is 4.31 Å². The molecule has 190 valence electrons. The SMILES string of the molecule is CC1(C)[C@H]2CC[C@]1(CS(=O)(=O)N1CCC[C@H]1c1nc3cc(-c4ccc(F)cc4F)ccc3o1)C(=O)C2. The third kappa shape index (κ3) is 3.39. The molecule has 0 unspecified atom stereocenters. The van der Waals surface area contributed by atoms with Crippen LogP contribution >= 0.6 is 0 Å². The molecule has 3 atom stereocenters. The molecule has 1 saturated heterocycles. The summed E-state index contributed by atoms with van der Waals surface area (Å²) in [7, 11) is -3.76. The number of oxazole rings is 1. The maximum atomic E-state index is 14.3. The molecule has 1 aromatic heterocycles. The van der Waals surface area contributed by atoms with Gasteiger partial charge in [-0.1, -0.05) is 19.9 Å². The van der Waals surface area contributed by atoms with E-state index in [4.69, 9.17) is 4.42 Å². The Balaban J connectivity index is 1.31. The molecule has 0 N–H and O–H groups in total. The Morgan fingerprint density at radius 2 is 1.94 bits per heavy atom. The van der Waals surface area contributed by atoms with Gasteiger partial charge in [-0.25, -0.2) is 22.2 Å². The minimum absolute atomic E-state index is 0.0745. The highest BCUT2D eigenvalue weighted by Gasteiger charge is 2.66. The van der Waals surface area contributed by atoms with E-state index in [0.29, 0.717) is 54.8 Å². The number of halogens is 2. The first-order valence-corrected chi connectivity index (χ1v) is 14.0. The third-order valence-electron chi connectivity index (χ3n) is 9.06. The van der Waals surface area contributed by atoms with E-state index >= 15 is 0 Å². The molecule has 3 aliphatic rings. The lowest BCUT2D eigenvalue weighted by atomic mass is 9.70. The fourth-order valence-electron chi connectivity index (χ4n) is 6.80. The summed E-state index contributed by atoms with van der Waals surface area (Å²) in [5, 5.41) is 0. The normalized spacial score (nSPS) is 27.9. The molecule has 6 rings (SSSR count). The van der Waals surface area contributed by atoms with Crippen molar-refractivity contribution in [2.24, 2.45) is 16.7 Å². The number of hydrogen-bond acceptors (Lipinski definition) is 5. The van der Waals surface area contributed by atoms with E-state index in [1.165, 1.54) is 16.4 Å². The second-order valence-corrected chi connectivity index (χ2v) is 13.0. The summed E-state index contributed by atoms with van der Waals surface area (Å²) in [6.45, 7) is 4.43. The number of nitrogens with zero attached hydrogens (tertiary/aromatic N) is 2. The molecular formula is C27H28F2N2O4S. The van der Waals surface area contributed by atoms with Crippen molar-refractivity contribution in [3.63, 3.8) is 0 Å². The number of fused-ring (bicyclic) bond motifs is 3. The number of sulfonamides is 1. The predicted octanol–water partition coefficient (Wildman–Crippen LogP) is 5.64. The first-order valence-electron chi connectivity index (χ1n) is 12.4. The van der Waals surface area contributed by atoms with E-state index in [-0.39, 0.29) is 28.4 Å². The lowest BCUT2D eigenvalue weighted by Crippen LogP contribution is -2.46. The van der Waals surface area contributed by atoms with Crippen LogP contribution in [0.4, 0.5) is 8.78 Å². The Hall–Kier alpha value is -2.65. The maximum absolute atomic E-state index is 14.3. The molecule has 2 saturated carbocycles. The Kier molecular flexibility index (Phi) is 5.22. The van der Waals surface area contributed by atoms with E-state index in [2.05, 4.69) is 4.98 Å². The van der Waals surface area contributed by atoms with Gasteiger partial charge in [0.1, 0.15) is 29.0 Å². The van der Waals surface area contributed by atoms with Crippen LogP contribution < -0.4 is 0 Å².